The minimum atomic E-state index is -1.04. The first-order chi connectivity index (χ1) is 14.0. The molecule has 31 heavy (non-hydrogen) atoms. The first-order valence-electron chi connectivity index (χ1n) is 11.6. The van der Waals surface area contributed by atoms with Crippen molar-refractivity contribution < 1.29 is 19.1 Å². The molecule has 0 spiro atoms. The molecular formula is C24H49N3O4. The topological polar surface area (TPSA) is 117 Å². The summed E-state index contributed by atoms with van der Waals surface area (Å²) in [6.45, 7) is 18.6. The number of ether oxygens (including phenoxy) is 2. The smallest absolute Gasteiger partial charge is 0.306 e. The van der Waals surface area contributed by atoms with Crippen molar-refractivity contribution in [2.24, 2.45) is 28.7 Å². The Balaban J connectivity index is 4.62. The number of esters is 1. The van der Waals surface area contributed by atoms with Crippen LogP contribution in [-0.4, -0.2) is 48.8 Å². The van der Waals surface area contributed by atoms with E-state index in [-0.39, 0.29) is 35.9 Å². The lowest BCUT2D eigenvalue weighted by Crippen LogP contribution is -2.48. The Morgan fingerprint density at radius 2 is 1.61 bits per heavy atom. The van der Waals surface area contributed by atoms with Gasteiger partial charge in [-0.2, -0.15) is 0 Å². The molecule has 0 bridgehead atoms. The van der Waals surface area contributed by atoms with E-state index >= 15 is 0 Å². The van der Waals surface area contributed by atoms with Crippen LogP contribution < -0.4 is 16.8 Å². The molecule has 3 atom stereocenters. The highest BCUT2D eigenvalue weighted by molar-refractivity contribution is 5.84. The molecule has 7 heteroatoms. The maximum absolute atomic E-state index is 12.6. The quantitative estimate of drug-likeness (QED) is 0.334. The monoisotopic (exact) mass is 443 g/mol. The maximum atomic E-state index is 12.6. The molecule has 0 fully saturated rings. The van der Waals surface area contributed by atoms with Gasteiger partial charge in [0.2, 0.25) is 0 Å². The molecule has 3 unspecified atom stereocenters. The molecule has 184 valence electrons. The summed E-state index contributed by atoms with van der Waals surface area (Å²) in [5, 5.41) is 2.95. The fraction of sp³-hybridized carbons (Fsp3) is 0.917. The average Bonchev–Trinajstić information content (AvgIpc) is 2.62. The van der Waals surface area contributed by atoms with Crippen LogP contribution in [0.1, 0.15) is 88.0 Å². The molecule has 0 saturated carbocycles. The summed E-state index contributed by atoms with van der Waals surface area (Å²) in [5.41, 5.74) is 9.63. The third-order valence-electron chi connectivity index (χ3n) is 5.48. The Morgan fingerprint density at radius 1 is 1.03 bits per heavy atom. The van der Waals surface area contributed by atoms with Crippen LogP contribution in [0.5, 0.6) is 0 Å². The highest BCUT2D eigenvalue weighted by atomic mass is 16.6. The second kappa shape index (κ2) is 12.8. The van der Waals surface area contributed by atoms with E-state index in [4.69, 9.17) is 20.9 Å². The lowest BCUT2D eigenvalue weighted by molar-refractivity contribution is -0.173. The molecule has 0 aliphatic carbocycles. The van der Waals surface area contributed by atoms with Crippen molar-refractivity contribution >= 4 is 11.9 Å². The SMILES string of the molecule is CCC(N)CC(C)CNC(=O)C(C)(C)OCC(C)(C)OC(=O)CC(C)(C)CC(C)CN. The zero-order valence-electron chi connectivity index (χ0n) is 21.5. The average molecular weight is 444 g/mol. The minimum Gasteiger partial charge on any atom is -0.457 e. The van der Waals surface area contributed by atoms with E-state index in [2.05, 4.69) is 26.1 Å². The van der Waals surface area contributed by atoms with E-state index in [9.17, 15) is 9.59 Å². The number of hydrogen-bond donors (Lipinski definition) is 3. The zero-order valence-corrected chi connectivity index (χ0v) is 21.5. The van der Waals surface area contributed by atoms with Gasteiger partial charge in [-0.15, -0.1) is 0 Å². The fourth-order valence-electron chi connectivity index (χ4n) is 3.53. The molecule has 7 nitrogen and oxygen atoms in total. The Kier molecular flexibility index (Phi) is 12.3. The van der Waals surface area contributed by atoms with Gasteiger partial charge >= 0.3 is 5.97 Å². The third-order valence-corrected chi connectivity index (χ3v) is 5.48. The van der Waals surface area contributed by atoms with Crippen molar-refractivity contribution in [3.63, 3.8) is 0 Å². The van der Waals surface area contributed by atoms with Crippen molar-refractivity contribution in [2.75, 3.05) is 19.7 Å². The number of nitrogens with two attached hydrogens (primary N) is 2. The van der Waals surface area contributed by atoms with Crippen LogP contribution >= 0.6 is 0 Å². The predicted molar refractivity (Wildman–Crippen MR) is 126 cm³/mol. The predicted octanol–water partition coefficient (Wildman–Crippen LogP) is 3.38. The van der Waals surface area contributed by atoms with Crippen LogP contribution in [0.2, 0.25) is 0 Å². The Bertz CT molecular complexity index is 561. The largest absolute Gasteiger partial charge is 0.457 e. The van der Waals surface area contributed by atoms with E-state index in [1.807, 2.05) is 13.8 Å². The van der Waals surface area contributed by atoms with Crippen LogP contribution in [0.4, 0.5) is 0 Å². The van der Waals surface area contributed by atoms with Crippen molar-refractivity contribution in [3.8, 4) is 0 Å². The summed E-state index contributed by atoms with van der Waals surface area (Å²) in [6.07, 6.45) is 2.94. The lowest BCUT2D eigenvalue weighted by atomic mass is 9.80. The summed E-state index contributed by atoms with van der Waals surface area (Å²) in [4.78, 5) is 25.1. The van der Waals surface area contributed by atoms with Gasteiger partial charge in [0.05, 0.1) is 13.0 Å². The van der Waals surface area contributed by atoms with Gasteiger partial charge in [0.25, 0.3) is 5.91 Å². The number of carbonyl (C=O) groups is 2. The summed E-state index contributed by atoms with van der Waals surface area (Å²) in [5.74, 6) is 0.172. The fourth-order valence-corrected chi connectivity index (χ4v) is 3.53. The van der Waals surface area contributed by atoms with Gasteiger partial charge in [-0.3, -0.25) is 9.59 Å². The number of carbonyl (C=O) groups excluding carboxylic acids is 2. The van der Waals surface area contributed by atoms with Crippen LogP contribution in [0.15, 0.2) is 0 Å². The number of nitrogens with one attached hydrogen (secondary N) is 1. The molecule has 0 aromatic rings. The molecule has 0 aromatic heterocycles. The molecule has 0 aliphatic rings. The standard InChI is InChI=1S/C24H49N3O4/c1-10-19(26)11-17(2)15-27-21(29)24(8,9)30-16-23(6,7)31-20(28)13-22(4,5)12-18(3)14-25/h17-19H,10-16,25-26H2,1-9H3,(H,27,29). The Morgan fingerprint density at radius 3 is 2.13 bits per heavy atom. The molecule has 0 radical (unpaired) electrons. The van der Waals surface area contributed by atoms with E-state index in [1.54, 1.807) is 27.7 Å². The second-order valence-corrected chi connectivity index (χ2v) is 11.1. The van der Waals surface area contributed by atoms with E-state index in [1.165, 1.54) is 0 Å². The molecule has 1 amide bonds. The normalized spacial score (nSPS) is 15.8. The number of rotatable bonds is 15. The van der Waals surface area contributed by atoms with Gasteiger partial charge in [-0.1, -0.05) is 34.6 Å². The Hall–Kier alpha value is -1.18. The molecule has 0 aromatic carbocycles. The highest BCUT2D eigenvalue weighted by Crippen LogP contribution is 2.30. The van der Waals surface area contributed by atoms with Crippen LogP contribution in [0.25, 0.3) is 0 Å². The van der Waals surface area contributed by atoms with Crippen LogP contribution in [0.3, 0.4) is 0 Å². The summed E-state index contributed by atoms with van der Waals surface area (Å²) < 4.78 is 11.6. The Labute approximate surface area is 190 Å². The maximum Gasteiger partial charge on any atom is 0.306 e. The second-order valence-electron chi connectivity index (χ2n) is 11.1. The van der Waals surface area contributed by atoms with Crippen LogP contribution in [0, 0.1) is 17.3 Å². The van der Waals surface area contributed by atoms with Crippen LogP contribution in [-0.2, 0) is 19.1 Å². The van der Waals surface area contributed by atoms with E-state index in [0.29, 0.717) is 25.4 Å². The number of amides is 1. The highest BCUT2D eigenvalue weighted by Gasteiger charge is 2.34. The number of hydrogen-bond acceptors (Lipinski definition) is 6. The van der Waals surface area contributed by atoms with E-state index < -0.39 is 11.2 Å². The summed E-state index contributed by atoms with van der Waals surface area (Å²) in [6, 6.07) is 0.148. The van der Waals surface area contributed by atoms with Gasteiger partial charge < -0.3 is 26.3 Å². The van der Waals surface area contributed by atoms with Crippen molar-refractivity contribution in [1.82, 2.24) is 5.32 Å². The van der Waals surface area contributed by atoms with Gasteiger partial charge in [0.1, 0.15) is 11.2 Å². The van der Waals surface area contributed by atoms with Gasteiger partial charge in [-0.25, -0.2) is 0 Å². The third kappa shape index (κ3) is 13.1. The van der Waals surface area contributed by atoms with Crippen molar-refractivity contribution in [3.05, 3.63) is 0 Å². The van der Waals surface area contributed by atoms with Gasteiger partial charge in [0.15, 0.2) is 0 Å². The molecular weight excluding hydrogens is 394 g/mol. The molecule has 0 rings (SSSR count). The molecule has 5 N–H and O–H groups in total. The van der Waals surface area contributed by atoms with Gasteiger partial charge in [-0.05, 0) is 70.8 Å². The summed E-state index contributed by atoms with van der Waals surface area (Å²) >= 11 is 0. The minimum absolute atomic E-state index is 0.120. The van der Waals surface area contributed by atoms with Crippen molar-refractivity contribution in [1.29, 1.82) is 0 Å². The molecule has 0 aliphatic heterocycles. The first kappa shape index (κ1) is 29.8. The molecule has 0 saturated heterocycles. The lowest BCUT2D eigenvalue weighted by Gasteiger charge is -2.33. The van der Waals surface area contributed by atoms with Crippen molar-refractivity contribution in [2.45, 2.75) is 105 Å². The first-order valence-corrected chi connectivity index (χ1v) is 11.6. The molecule has 0 heterocycles. The van der Waals surface area contributed by atoms with Gasteiger partial charge in [0, 0.05) is 12.6 Å². The zero-order chi connectivity index (χ0) is 24.5. The van der Waals surface area contributed by atoms with E-state index in [0.717, 1.165) is 19.3 Å². The summed E-state index contributed by atoms with van der Waals surface area (Å²) in [7, 11) is 0.